The van der Waals surface area contributed by atoms with Crippen LogP contribution in [0.25, 0.3) is 10.6 Å². The summed E-state index contributed by atoms with van der Waals surface area (Å²) >= 11 is 1.54. The Morgan fingerprint density at radius 3 is 2.35 bits per heavy atom. The molecule has 0 bridgehead atoms. The molecule has 0 saturated carbocycles. The third-order valence-corrected chi connectivity index (χ3v) is 4.14. The van der Waals surface area contributed by atoms with Gasteiger partial charge >= 0.3 is 5.97 Å². The molecule has 0 atom stereocenters. The minimum Gasteiger partial charge on any atom is -0.461 e. The Morgan fingerprint density at radius 1 is 1.20 bits per heavy atom. The number of hydrogen-bond donors (Lipinski definition) is 0. The number of carbonyl (C=O) groups is 1. The van der Waals surface area contributed by atoms with Gasteiger partial charge in [-0.3, -0.25) is 0 Å². The van der Waals surface area contributed by atoms with Gasteiger partial charge in [-0.15, -0.1) is 11.3 Å². The topological polar surface area (TPSA) is 39.2 Å². The van der Waals surface area contributed by atoms with Gasteiger partial charge in [0.2, 0.25) is 0 Å². The number of aryl methyl sites for hydroxylation is 4. The first-order valence-electron chi connectivity index (χ1n) is 6.66. The van der Waals surface area contributed by atoms with Crippen molar-refractivity contribution in [2.45, 2.75) is 34.6 Å². The second kappa shape index (κ2) is 5.75. The lowest BCUT2D eigenvalue weighted by molar-refractivity contribution is 0.0519. The summed E-state index contributed by atoms with van der Waals surface area (Å²) < 4.78 is 5.04. The standard InChI is InChI=1S/C16H19NO2S/c1-6-19-16(18)14-12(5)20-15(17-14)13-10(3)7-9(2)8-11(13)4/h7-8H,6H2,1-5H3. The van der Waals surface area contributed by atoms with Crippen molar-refractivity contribution < 1.29 is 9.53 Å². The molecular formula is C16H19NO2S. The van der Waals surface area contributed by atoms with E-state index in [9.17, 15) is 4.79 Å². The number of hydrogen-bond acceptors (Lipinski definition) is 4. The molecule has 2 rings (SSSR count). The predicted molar refractivity (Wildman–Crippen MR) is 82.5 cm³/mol. The zero-order chi connectivity index (χ0) is 14.9. The number of benzene rings is 1. The SMILES string of the molecule is CCOC(=O)c1nc(-c2c(C)cc(C)cc2C)sc1C. The highest BCUT2D eigenvalue weighted by Gasteiger charge is 2.19. The molecule has 0 radical (unpaired) electrons. The Bertz CT molecular complexity index is 635. The maximum Gasteiger partial charge on any atom is 0.358 e. The van der Waals surface area contributed by atoms with Gasteiger partial charge in [-0.1, -0.05) is 17.7 Å². The molecule has 0 saturated heterocycles. The molecule has 0 spiro atoms. The van der Waals surface area contributed by atoms with E-state index in [4.69, 9.17) is 4.74 Å². The molecule has 0 aliphatic carbocycles. The van der Waals surface area contributed by atoms with Crippen LogP contribution in [0.15, 0.2) is 12.1 Å². The highest BCUT2D eigenvalue weighted by atomic mass is 32.1. The van der Waals surface area contributed by atoms with Crippen LogP contribution < -0.4 is 0 Å². The molecule has 3 nitrogen and oxygen atoms in total. The van der Waals surface area contributed by atoms with Crippen LogP contribution in [0.2, 0.25) is 0 Å². The van der Waals surface area contributed by atoms with Gasteiger partial charge in [-0.2, -0.15) is 0 Å². The fraction of sp³-hybridized carbons (Fsp3) is 0.375. The summed E-state index contributed by atoms with van der Waals surface area (Å²) in [7, 11) is 0. The minimum atomic E-state index is -0.338. The lowest BCUT2D eigenvalue weighted by Crippen LogP contribution is -2.06. The number of ether oxygens (including phenoxy) is 1. The van der Waals surface area contributed by atoms with Crippen molar-refractivity contribution in [3.8, 4) is 10.6 Å². The van der Waals surface area contributed by atoms with Gasteiger partial charge < -0.3 is 4.74 Å². The largest absolute Gasteiger partial charge is 0.461 e. The number of thiazole rings is 1. The molecular weight excluding hydrogens is 270 g/mol. The van der Waals surface area contributed by atoms with Gasteiger partial charge in [0.05, 0.1) is 6.61 Å². The Labute approximate surface area is 123 Å². The number of aromatic nitrogens is 1. The van der Waals surface area contributed by atoms with E-state index in [2.05, 4.69) is 37.9 Å². The van der Waals surface area contributed by atoms with Crippen molar-refractivity contribution in [2.24, 2.45) is 0 Å². The molecule has 0 aliphatic heterocycles. The molecule has 20 heavy (non-hydrogen) atoms. The zero-order valence-electron chi connectivity index (χ0n) is 12.5. The summed E-state index contributed by atoms with van der Waals surface area (Å²) in [6, 6.07) is 4.28. The van der Waals surface area contributed by atoms with Gasteiger partial charge in [-0.05, 0) is 45.7 Å². The van der Waals surface area contributed by atoms with Crippen molar-refractivity contribution >= 4 is 17.3 Å². The molecule has 1 aromatic heterocycles. The van der Waals surface area contributed by atoms with Crippen LogP contribution in [-0.2, 0) is 4.74 Å². The van der Waals surface area contributed by atoms with E-state index in [1.165, 1.54) is 16.7 Å². The normalized spacial score (nSPS) is 10.7. The Morgan fingerprint density at radius 2 is 1.80 bits per heavy atom. The lowest BCUT2D eigenvalue weighted by Gasteiger charge is -2.08. The van der Waals surface area contributed by atoms with Gasteiger partial charge in [0.15, 0.2) is 5.69 Å². The minimum absolute atomic E-state index is 0.338. The van der Waals surface area contributed by atoms with Crippen LogP contribution in [0.5, 0.6) is 0 Å². The predicted octanol–water partition coefficient (Wildman–Crippen LogP) is 4.22. The molecule has 1 aromatic carbocycles. The van der Waals surface area contributed by atoms with Crippen LogP contribution in [0.1, 0.15) is 39.0 Å². The third kappa shape index (κ3) is 2.75. The summed E-state index contributed by atoms with van der Waals surface area (Å²) in [5, 5.41) is 0.889. The highest BCUT2D eigenvalue weighted by molar-refractivity contribution is 7.15. The molecule has 0 N–H and O–H groups in total. The first-order valence-corrected chi connectivity index (χ1v) is 7.48. The molecule has 106 valence electrons. The first kappa shape index (κ1) is 14.7. The summed E-state index contributed by atoms with van der Waals surface area (Å²) in [6.45, 7) is 10.3. The van der Waals surface area contributed by atoms with Crippen LogP contribution in [0, 0.1) is 27.7 Å². The first-order chi connectivity index (χ1) is 9.43. The number of nitrogens with zero attached hydrogens (tertiary/aromatic N) is 1. The maximum absolute atomic E-state index is 11.9. The summed E-state index contributed by atoms with van der Waals surface area (Å²) in [5.41, 5.74) is 5.17. The average Bonchev–Trinajstić information content (AvgIpc) is 2.70. The maximum atomic E-state index is 11.9. The summed E-state index contributed by atoms with van der Waals surface area (Å²) in [4.78, 5) is 17.3. The van der Waals surface area contributed by atoms with Gasteiger partial charge in [-0.25, -0.2) is 9.78 Å². The second-order valence-corrected chi connectivity index (χ2v) is 6.12. The summed E-state index contributed by atoms with van der Waals surface area (Å²) in [6.07, 6.45) is 0. The van der Waals surface area contributed by atoms with E-state index < -0.39 is 0 Å². The van der Waals surface area contributed by atoms with E-state index in [0.29, 0.717) is 12.3 Å². The molecule has 0 aliphatic rings. The van der Waals surface area contributed by atoms with Gasteiger partial charge in [0, 0.05) is 10.4 Å². The fourth-order valence-electron chi connectivity index (χ4n) is 2.41. The van der Waals surface area contributed by atoms with E-state index in [1.54, 1.807) is 18.3 Å². The monoisotopic (exact) mass is 289 g/mol. The van der Waals surface area contributed by atoms with Crippen molar-refractivity contribution in [1.82, 2.24) is 4.98 Å². The Balaban J connectivity index is 2.50. The average molecular weight is 289 g/mol. The third-order valence-electron chi connectivity index (χ3n) is 3.16. The van der Waals surface area contributed by atoms with Crippen LogP contribution in [-0.4, -0.2) is 17.6 Å². The van der Waals surface area contributed by atoms with Crippen molar-refractivity contribution in [3.05, 3.63) is 39.4 Å². The lowest BCUT2D eigenvalue weighted by atomic mass is 10.0. The van der Waals surface area contributed by atoms with Crippen LogP contribution >= 0.6 is 11.3 Å². The van der Waals surface area contributed by atoms with E-state index in [0.717, 1.165) is 15.4 Å². The number of esters is 1. The van der Waals surface area contributed by atoms with E-state index in [-0.39, 0.29) is 5.97 Å². The molecule has 4 heteroatoms. The van der Waals surface area contributed by atoms with Crippen molar-refractivity contribution in [1.29, 1.82) is 0 Å². The molecule has 0 fully saturated rings. The van der Waals surface area contributed by atoms with E-state index in [1.807, 2.05) is 6.92 Å². The Kier molecular flexibility index (Phi) is 4.23. The smallest absolute Gasteiger partial charge is 0.358 e. The Hall–Kier alpha value is -1.68. The molecule has 0 amide bonds. The number of rotatable bonds is 3. The van der Waals surface area contributed by atoms with Crippen LogP contribution in [0.4, 0.5) is 0 Å². The highest BCUT2D eigenvalue weighted by Crippen LogP contribution is 2.33. The quantitative estimate of drug-likeness (QED) is 0.794. The molecule has 2 aromatic rings. The van der Waals surface area contributed by atoms with E-state index >= 15 is 0 Å². The second-order valence-electron chi connectivity index (χ2n) is 4.92. The van der Waals surface area contributed by atoms with Crippen molar-refractivity contribution in [3.63, 3.8) is 0 Å². The molecule has 0 unspecified atom stereocenters. The zero-order valence-corrected chi connectivity index (χ0v) is 13.4. The van der Waals surface area contributed by atoms with Gasteiger partial charge in [0.25, 0.3) is 0 Å². The van der Waals surface area contributed by atoms with Crippen LogP contribution in [0.3, 0.4) is 0 Å². The molecule has 1 heterocycles. The number of carbonyl (C=O) groups excluding carboxylic acids is 1. The van der Waals surface area contributed by atoms with Gasteiger partial charge in [0.1, 0.15) is 5.01 Å². The summed E-state index contributed by atoms with van der Waals surface area (Å²) in [5.74, 6) is -0.338. The van der Waals surface area contributed by atoms with Crippen molar-refractivity contribution in [2.75, 3.05) is 6.61 Å². The fourth-order valence-corrected chi connectivity index (χ4v) is 3.49.